The molecule has 0 aromatic heterocycles. The van der Waals surface area contributed by atoms with Gasteiger partial charge in [0.05, 0.1) is 12.5 Å². The summed E-state index contributed by atoms with van der Waals surface area (Å²) in [7, 11) is 0. The van der Waals surface area contributed by atoms with Crippen LogP contribution in [-0.2, 0) is 23.9 Å². The Morgan fingerprint density at radius 1 is 1.13 bits per heavy atom. The highest BCUT2D eigenvalue weighted by Crippen LogP contribution is 2.26. The molecule has 0 saturated heterocycles. The molecule has 0 spiro atoms. The maximum absolute atomic E-state index is 12.5. The number of hydrogen-bond acceptors (Lipinski definition) is 6. The normalized spacial score (nSPS) is 14.0. The van der Waals surface area contributed by atoms with E-state index in [1.807, 2.05) is 18.2 Å². The summed E-state index contributed by atoms with van der Waals surface area (Å²) >= 11 is 0. The minimum absolute atomic E-state index is 0.0499. The predicted molar refractivity (Wildman–Crippen MR) is 85.3 cm³/mol. The molecule has 23 heavy (non-hydrogen) atoms. The van der Waals surface area contributed by atoms with Gasteiger partial charge in [0.25, 0.3) is 0 Å². The van der Waals surface area contributed by atoms with Gasteiger partial charge >= 0.3 is 11.9 Å². The summed E-state index contributed by atoms with van der Waals surface area (Å²) in [6, 6.07) is 9.07. The van der Waals surface area contributed by atoms with Crippen LogP contribution in [0.1, 0.15) is 45.6 Å². The van der Waals surface area contributed by atoms with Crippen molar-refractivity contribution in [3.8, 4) is 0 Å². The average molecular weight is 323 g/mol. The zero-order chi connectivity index (χ0) is 17.5. The van der Waals surface area contributed by atoms with Crippen molar-refractivity contribution in [3.05, 3.63) is 35.9 Å². The fourth-order valence-corrected chi connectivity index (χ4v) is 2.08. The smallest absolute Gasteiger partial charge is 0.337 e. The van der Waals surface area contributed by atoms with Gasteiger partial charge in [0.15, 0.2) is 6.10 Å². The fourth-order valence-electron chi connectivity index (χ4n) is 2.08. The highest BCUT2D eigenvalue weighted by molar-refractivity contribution is 5.81. The van der Waals surface area contributed by atoms with Gasteiger partial charge in [0.1, 0.15) is 5.60 Å². The van der Waals surface area contributed by atoms with Crippen LogP contribution in [-0.4, -0.2) is 30.3 Å². The van der Waals surface area contributed by atoms with Crippen molar-refractivity contribution in [2.45, 2.75) is 51.7 Å². The van der Waals surface area contributed by atoms with E-state index in [2.05, 4.69) is 0 Å². The Bertz CT molecular complexity index is 509. The third-order valence-electron chi connectivity index (χ3n) is 3.06. The van der Waals surface area contributed by atoms with Crippen LogP contribution >= 0.6 is 0 Å². The zero-order valence-corrected chi connectivity index (χ0v) is 14.1. The Balaban J connectivity index is 3.00. The fraction of sp³-hybridized carbons (Fsp3) is 0.529. The van der Waals surface area contributed by atoms with Gasteiger partial charge in [-0.2, -0.15) is 0 Å². The summed E-state index contributed by atoms with van der Waals surface area (Å²) < 4.78 is 10.4. The first kappa shape index (κ1) is 19.1. The summed E-state index contributed by atoms with van der Waals surface area (Å²) in [4.78, 5) is 29.1. The first-order chi connectivity index (χ1) is 10.8. The van der Waals surface area contributed by atoms with Crippen molar-refractivity contribution >= 4 is 11.9 Å². The number of hydrogen-bond donors (Lipinski definition) is 1. The van der Waals surface area contributed by atoms with Gasteiger partial charge in [-0.3, -0.25) is 9.63 Å². The molecule has 0 bridgehead atoms. The van der Waals surface area contributed by atoms with E-state index in [0.717, 1.165) is 5.56 Å². The lowest BCUT2D eigenvalue weighted by Gasteiger charge is -2.25. The molecule has 0 saturated carbocycles. The maximum atomic E-state index is 12.5. The highest BCUT2D eigenvalue weighted by atomic mass is 16.6. The minimum atomic E-state index is -1.03. The molecule has 0 aliphatic rings. The van der Waals surface area contributed by atoms with Gasteiger partial charge < -0.3 is 9.47 Å². The monoisotopic (exact) mass is 323 g/mol. The second kappa shape index (κ2) is 8.64. The number of nitrogens with two attached hydrogens (primary N) is 1. The van der Waals surface area contributed by atoms with Crippen molar-refractivity contribution in [1.82, 2.24) is 0 Å². The summed E-state index contributed by atoms with van der Waals surface area (Å²) in [5, 5.41) is 0. The number of rotatable bonds is 7. The summed E-state index contributed by atoms with van der Waals surface area (Å²) in [6.45, 7) is 7.26. The molecule has 6 heteroatoms. The summed E-state index contributed by atoms with van der Waals surface area (Å²) in [5.74, 6) is 3.50. The van der Waals surface area contributed by atoms with Crippen molar-refractivity contribution in [2.24, 2.45) is 5.90 Å². The van der Waals surface area contributed by atoms with Crippen LogP contribution in [0.4, 0.5) is 0 Å². The van der Waals surface area contributed by atoms with Gasteiger partial charge in [-0.05, 0) is 33.3 Å². The van der Waals surface area contributed by atoms with E-state index in [1.165, 1.54) is 0 Å². The molecule has 2 unspecified atom stereocenters. The van der Waals surface area contributed by atoms with E-state index in [1.54, 1.807) is 39.8 Å². The Hall–Kier alpha value is -1.92. The Kier molecular flexibility index (Phi) is 7.19. The van der Waals surface area contributed by atoms with Crippen molar-refractivity contribution in [3.63, 3.8) is 0 Å². The van der Waals surface area contributed by atoms with E-state index in [9.17, 15) is 9.59 Å². The van der Waals surface area contributed by atoms with Crippen LogP contribution in [0.2, 0.25) is 0 Å². The van der Waals surface area contributed by atoms with Crippen molar-refractivity contribution < 1.29 is 23.9 Å². The summed E-state index contributed by atoms with van der Waals surface area (Å²) in [6.07, 6.45) is -0.985. The molecule has 0 fully saturated rings. The van der Waals surface area contributed by atoms with Gasteiger partial charge in [0.2, 0.25) is 0 Å². The van der Waals surface area contributed by atoms with E-state index in [4.69, 9.17) is 20.2 Å². The lowest BCUT2D eigenvalue weighted by atomic mass is 9.93. The highest BCUT2D eigenvalue weighted by Gasteiger charge is 2.32. The van der Waals surface area contributed by atoms with E-state index in [-0.39, 0.29) is 13.0 Å². The van der Waals surface area contributed by atoms with E-state index in [0.29, 0.717) is 0 Å². The maximum Gasteiger partial charge on any atom is 0.337 e. The number of ether oxygens (including phenoxy) is 2. The molecule has 1 aromatic carbocycles. The Labute approximate surface area is 136 Å². The molecule has 0 radical (unpaired) electrons. The average Bonchev–Trinajstić information content (AvgIpc) is 2.47. The minimum Gasteiger partial charge on any atom is -0.464 e. The second-order valence-corrected chi connectivity index (χ2v) is 6.11. The molecule has 1 aromatic rings. The Morgan fingerprint density at radius 2 is 1.74 bits per heavy atom. The van der Waals surface area contributed by atoms with Gasteiger partial charge in [-0.25, -0.2) is 10.7 Å². The zero-order valence-electron chi connectivity index (χ0n) is 14.1. The number of carbonyl (C=O) groups is 2. The molecule has 6 nitrogen and oxygen atoms in total. The van der Waals surface area contributed by atoms with Gasteiger partial charge in [-0.15, -0.1) is 0 Å². The molecule has 0 heterocycles. The van der Waals surface area contributed by atoms with Crippen LogP contribution in [0.3, 0.4) is 0 Å². The molecule has 2 N–H and O–H groups in total. The molecule has 2 atom stereocenters. The summed E-state index contributed by atoms with van der Waals surface area (Å²) in [5.41, 5.74) is 0.0979. The van der Waals surface area contributed by atoms with Crippen LogP contribution in [0.5, 0.6) is 0 Å². The van der Waals surface area contributed by atoms with Gasteiger partial charge in [-0.1, -0.05) is 30.3 Å². The molecule has 0 amide bonds. The SMILES string of the molecule is CCOC(=O)C(CC(C(=O)OC(C)(C)C)c1ccccc1)ON. The standard InChI is InChI=1S/C17H25NO5/c1-5-21-16(20)14(23-18)11-13(12-9-7-6-8-10-12)15(19)22-17(2,3)4/h6-10,13-14H,5,11,18H2,1-4H3. The largest absolute Gasteiger partial charge is 0.464 e. The van der Waals surface area contributed by atoms with Crippen LogP contribution in [0.25, 0.3) is 0 Å². The van der Waals surface area contributed by atoms with E-state index < -0.39 is 29.6 Å². The number of benzene rings is 1. The quantitative estimate of drug-likeness (QED) is 0.612. The molecular formula is C17H25NO5. The topological polar surface area (TPSA) is 87.9 Å². The lowest BCUT2D eigenvalue weighted by Crippen LogP contribution is -2.35. The van der Waals surface area contributed by atoms with Crippen molar-refractivity contribution in [1.29, 1.82) is 0 Å². The third-order valence-corrected chi connectivity index (χ3v) is 3.06. The first-order valence-electron chi connectivity index (χ1n) is 7.58. The Morgan fingerprint density at radius 3 is 2.22 bits per heavy atom. The number of carbonyl (C=O) groups excluding carboxylic acids is 2. The van der Waals surface area contributed by atoms with Gasteiger partial charge in [0, 0.05) is 6.42 Å². The lowest BCUT2D eigenvalue weighted by molar-refractivity contribution is -0.162. The molecule has 1 rings (SSSR count). The van der Waals surface area contributed by atoms with Crippen LogP contribution in [0.15, 0.2) is 30.3 Å². The second-order valence-electron chi connectivity index (χ2n) is 6.11. The molecule has 0 aliphatic carbocycles. The third kappa shape index (κ3) is 6.38. The first-order valence-corrected chi connectivity index (χ1v) is 7.58. The van der Waals surface area contributed by atoms with Crippen molar-refractivity contribution in [2.75, 3.05) is 6.61 Å². The van der Waals surface area contributed by atoms with Crippen LogP contribution in [0, 0.1) is 0 Å². The molecule has 128 valence electrons. The number of esters is 2. The molecular weight excluding hydrogens is 298 g/mol. The molecule has 0 aliphatic heterocycles. The van der Waals surface area contributed by atoms with Crippen LogP contribution < -0.4 is 5.90 Å². The predicted octanol–water partition coefficient (Wildman–Crippen LogP) is 2.32. The van der Waals surface area contributed by atoms with E-state index >= 15 is 0 Å².